The van der Waals surface area contributed by atoms with E-state index < -0.39 is 5.60 Å². The topological polar surface area (TPSA) is 46.5 Å². The van der Waals surface area contributed by atoms with Gasteiger partial charge in [-0.3, -0.25) is 0 Å². The van der Waals surface area contributed by atoms with Crippen LogP contribution in [-0.4, -0.2) is 16.7 Å². The molecule has 0 aliphatic carbocycles. The van der Waals surface area contributed by atoms with Crippen LogP contribution in [0.25, 0.3) is 6.08 Å². The Kier molecular flexibility index (Phi) is 4.68. The summed E-state index contributed by atoms with van der Waals surface area (Å²) >= 11 is 0. The Bertz CT molecular complexity index is 453. The van der Waals surface area contributed by atoms with Crippen molar-refractivity contribution in [3.8, 4) is 0 Å². The summed E-state index contributed by atoms with van der Waals surface area (Å²) in [5.74, 6) is -0.382. The summed E-state index contributed by atoms with van der Waals surface area (Å²) in [6, 6.07) is 5.71. The van der Waals surface area contributed by atoms with Gasteiger partial charge in [0, 0.05) is 6.08 Å². The first-order chi connectivity index (χ1) is 8.31. The third-order valence-electron chi connectivity index (χ3n) is 2.27. The molecule has 98 valence electrons. The molecular formula is C15H20O3. The lowest BCUT2D eigenvalue weighted by atomic mass is 10.0. The number of hydrogen-bond acceptors (Lipinski definition) is 3. The number of aryl methyl sites for hydroxylation is 1. The maximum absolute atomic E-state index is 11.5. The largest absolute Gasteiger partial charge is 0.457 e. The predicted octanol–water partition coefficient (Wildman–Crippen LogP) is 2.84. The molecular weight excluding hydrogens is 228 g/mol. The van der Waals surface area contributed by atoms with Crippen LogP contribution in [0.1, 0.15) is 37.5 Å². The average molecular weight is 248 g/mol. The second-order valence-electron chi connectivity index (χ2n) is 5.23. The number of aliphatic hydroxyl groups excluding tert-OH is 1. The van der Waals surface area contributed by atoms with Crippen molar-refractivity contribution in [3.05, 3.63) is 41.0 Å². The molecule has 0 saturated carbocycles. The molecule has 0 bridgehead atoms. The van der Waals surface area contributed by atoms with Crippen LogP contribution in [0.15, 0.2) is 24.3 Å². The molecule has 0 aromatic heterocycles. The van der Waals surface area contributed by atoms with E-state index in [-0.39, 0.29) is 12.6 Å². The minimum Gasteiger partial charge on any atom is -0.457 e. The lowest BCUT2D eigenvalue weighted by Crippen LogP contribution is -2.22. The van der Waals surface area contributed by atoms with Gasteiger partial charge in [0.05, 0.1) is 6.61 Å². The fourth-order valence-electron chi connectivity index (χ4n) is 1.53. The number of esters is 1. The van der Waals surface area contributed by atoms with Gasteiger partial charge in [0.1, 0.15) is 5.60 Å². The van der Waals surface area contributed by atoms with Gasteiger partial charge >= 0.3 is 5.97 Å². The van der Waals surface area contributed by atoms with E-state index >= 15 is 0 Å². The third kappa shape index (κ3) is 4.72. The van der Waals surface area contributed by atoms with Crippen LogP contribution >= 0.6 is 0 Å². The molecule has 1 N–H and O–H groups in total. The molecule has 0 radical (unpaired) electrons. The van der Waals surface area contributed by atoms with Crippen molar-refractivity contribution in [3.63, 3.8) is 0 Å². The van der Waals surface area contributed by atoms with Gasteiger partial charge in [0.25, 0.3) is 0 Å². The van der Waals surface area contributed by atoms with Crippen molar-refractivity contribution < 1.29 is 14.6 Å². The van der Waals surface area contributed by atoms with E-state index in [9.17, 15) is 9.90 Å². The zero-order valence-electron chi connectivity index (χ0n) is 11.4. The van der Waals surface area contributed by atoms with E-state index in [1.165, 1.54) is 6.08 Å². The van der Waals surface area contributed by atoms with Crippen molar-refractivity contribution in [2.75, 3.05) is 0 Å². The number of carbonyl (C=O) groups excluding carboxylic acids is 1. The first-order valence-electron chi connectivity index (χ1n) is 5.93. The zero-order valence-corrected chi connectivity index (χ0v) is 11.4. The Labute approximate surface area is 108 Å². The molecule has 0 spiro atoms. The smallest absolute Gasteiger partial charge is 0.331 e. The Balaban J connectivity index is 2.81. The van der Waals surface area contributed by atoms with Crippen LogP contribution in [0.4, 0.5) is 0 Å². The van der Waals surface area contributed by atoms with Gasteiger partial charge < -0.3 is 9.84 Å². The van der Waals surface area contributed by atoms with Gasteiger partial charge in [0.15, 0.2) is 0 Å². The Morgan fingerprint density at radius 3 is 2.61 bits per heavy atom. The van der Waals surface area contributed by atoms with Crippen LogP contribution in [-0.2, 0) is 16.1 Å². The van der Waals surface area contributed by atoms with Gasteiger partial charge in [-0.05, 0) is 44.9 Å². The van der Waals surface area contributed by atoms with Gasteiger partial charge in [0.2, 0.25) is 0 Å². The fourth-order valence-corrected chi connectivity index (χ4v) is 1.53. The second-order valence-corrected chi connectivity index (χ2v) is 5.23. The summed E-state index contributed by atoms with van der Waals surface area (Å²) in [6.45, 7) is 7.38. The molecule has 1 aromatic rings. The maximum atomic E-state index is 11.5. The highest BCUT2D eigenvalue weighted by Crippen LogP contribution is 2.14. The summed E-state index contributed by atoms with van der Waals surface area (Å²) in [6.07, 6.45) is 3.05. The van der Waals surface area contributed by atoms with Crippen molar-refractivity contribution in [1.82, 2.24) is 0 Å². The van der Waals surface area contributed by atoms with E-state index in [0.29, 0.717) is 0 Å². The summed E-state index contributed by atoms with van der Waals surface area (Å²) in [5.41, 5.74) is 2.21. The number of hydrogen-bond donors (Lipinski definition) is 1. The second kappa shape index (κ2) is 5.83. The predicted molar refractivity (Wildman–Crippen MR) is 72.0 cm³/mol. The Morgan fingerprint density at radius 1 is 1.39 bits per heavy atom. The zero-order chi connectivity index (χ0) is 13.8. The first kappa shape index (κ1) is 14.5. The standard InChI is InChI=1S/C15H20O3/c1-11-5-6-12(13(9-11)10-16)7-8-14(17)18-15(2,3)4/h5-9,16H,10H2,1-4H3. The van der Waals surface area contributed by atoms with Gasteiger partial charge in [-0.25, -0.2) is 4.79 Å². The van der Waals surface area contributed by atoms with Crippen molar-refractivity contribution in [2.24, 2.45) is 0 Å². The van der Waals surface area contributed by atoms with Crippen LogP contribution in [0.5, 0.6) is 0 Å². The number of rotatable bonds is 3. The molecule has 0 atom stereocenters. The monoisotopic (exact) mass is 248 g/mol. The van der Waals surface area contributed by atoms with E-state index in [0.717, 1.165) is 16.7 Å². The Morgan fingerprint density at radius 2 is 2.06 bits per heavy atom. The van der Waals surface area contributed by atoms with E-state index in [4.69, 9.17) is 4.74 Å². The van der Waals surface area contributed by atoms with Gasteiger partial charge in [-0.15, -0.1) is 0 Å². The van der Waals surface area contributed by atoms with Crippen molar-refractivity contribution >= 4 is 12.0 Å². The molecule has 0 aliphatic heterocycles. The molecule has 1 aromatic carbocycles. The molecule has 0 heterocycles. The molecule has 3 heteroatoms. The lowest BCUT2D eigenvalue weighted by molar-refractivity contribution is -0.148. The molecule has 0 amide bonds. The lowest BCUT2D eigenvalue weighted by Gasteiger charge is -2.17. The number of benzene rings is 1. The molecule has 0 unspecified atom stereocenters. The summed E-state index contributed by atoms with van der Waals surface area (Å²) in [4.78, 5) is 11.5. The quantitative estimate of drug-likeness (QED) is 0.661. The van der Waals surface area contributed by atoms with Crippen molar-refractivity contribution in [1.29, 1.82) is 0 Å². The molecule has 18 heavy (non-hydrogen) atoms. The average Bonchev–Trinajstić information content (AvgIpc) is 2.24. The molecule has 1 rings (SSSR count). The van der Waals surface area contributed by atoms with Gasteiger partial charge in [-0.1, -0.05) is 23.8 Å². The van der Waals surface area contributed by atoms with Crippen LogP contribution in [0.3, 0.4) is 0 Å². The van der Waals surface area contributed by atoms with E-state index in [1.807, 2.05) is 45.9 Å². The third-order valence-corrected chi connectivity index (χ3v) is 2.27. The highest BCUT2D eigenvalue weighted by atomic mass is 16.6. The van der Waals surface area contributed by atoms with Crippen LogP contribution in [0.2, 0.25) is 0 Å². The molecule has 0 fully saturated rings. The first-order valence-corrected chi connectivity index (χ1v) is 5.93. The normalized spacial score (nSPS) is 11.8. The summed E-state index contributed by atoms with van der Waals surface area (Å²) in [7, 11) is 0. The molecule has 0 saturated heterocycles. The number of aliphatic hydroxyl groups is 1. The number of ether oxygens (including phenoxy) is 1. The summed E-state index contributed by atoms with van der Waals surface area (Å²) in [5, 5.41) is 9.24. The summed E-state index contributed by atoms with van der Waals surface area (Å²) < 4.78 is 5.17. The van der Waals surface area contributed by atoms with Gasteiger partial charge in [-0.2, -0.15) is 0 Å². The SMILES string of the molecule is Cc1ccc(C=CC(=O)OC(C)(C)C)c(CO)c1. The van der Waals surface area contributed by atoms with E-state index in [2.05, 4.69) is 0 Å². The molecule has 3 nitrogen and oxygen atoms in total. The fraction of sp³-hybridized carbons (Fsp3) is 0.400. The highest BCUT2D eigenvalue weighted by molar-refractivity contribution is 5.87. The molecule has 0 aliphatic rings. The minimum atomic E-state index is -0.492. The number of carbonyl (C=O) groups is 1. The Hall–Kier alpha value is -1.61. The van der Waals surface area contributed by atoms with Crippen molar-refractivity contribution in [2.45, 2.75) is 39.9 Å². The van der Waals surface area contributed by atoms with E-state index in [1.54, 1.807) is 6.08 Å². The maximum Gasteiger partial charge on any atom is 0.331 e. The highest BCUT2D eigenvalue weighted by Gasteiger charge is 2.13. The van der Waals surface area contributed by atoms with Crippen LogP contribution in [0, 0.1) is 6.92 Å². The minimum absolute atomic E-state index is 0.0460. The van der Waals surface area contributed by atoms with Crippen LogP contribution < -0.4 is 0 Å².